The van der Waals surface area contributed by atoms with Gasteiger partial charge in [-0.05, 0) is 17.0 Å². The molecule has 60 valence electrons. The van der Waals surface area contributed by atoms with Crippen LogP contribution >= 0.6 is 11.3 Å². The van der Waals surface area contributed by atoms with Gasteiger partial charge in [-0.15, -0.1) is 11.3 Å². The molecule has 0 aliphatic rings. The highest BCUT2D eigenvalue weighted by Crippen LogP contribution is 2.05. The third-order valence-electron chi connectivity index (χ3n) is 1.13. The molecule has 1 aromatic heterocycles. The zero-order chi connectivity index (χ0) is 8.65. The molecular weight excluding hydrogens is 170 g/mol. The lowest BCUT2D eigenvalue weighted by Gasteiger charge is -1.78. The monoisotopic (exact) mass is 177 g/mol. The van der Waals surface area contributed by atoms with Gasteiger partial charge in [0.1, 0.15) is 0 Å². The van der Waals surface area contributed by atoms with Crippen molar-refractivity contribution < 1.29 is 0 Å². The van der Waals surface area contributed by atoms with Gasteiger partial charge in [0.2, 0.25) is 0 Å². The summed E-state index contributed by atoms with van der Waals surface area (Å²) in [4.78, 5) is 3.68. The van der Waals surface area contributed by atoms with E-state index in [9.17, 15) is 0 Å². The van der Waals surface area contributed by atoms with E-state index in [2.05, 4.69) is 21.9 Å². The average molecular weight is 177 g/mol. The second kappa shape index (κ2) is 5.25. The SMILES string of the molecule is [N-]=[N+]=NCCC#Cc1cccs1. The number of rotatable bonds is 2. The number of hydrogen-bond donors (Lipinski definition) is 0. The Hall–Kier alpha value is -1.43. The van der Waals surface area contributed by atoms with Crippen LogP contribution in [0, 0.1) is 11.8 Å². The van der Waals surface area contributed by atoms with E-state index in [4.69, 9.17) is 5.53 Å². The fourth-order valence-electron chi connectivity index (χ4n) is 0.650. The molecule has 0 saturated heterocycles. The number of thiophene rings is 1. The van der Waals surface area contributed by atoms with Gasteiger partial charge >= 0.3 is 0 Å². The Labute approximate surface area is 74.7 Å². The summed E-state index contributed by atoms with van der Waals surface area (Å²) in [7, 11) is 0. The maximum Gasteiger partial charge on any atom is 0.0768 e. The van der Waals surface area contributed by atoms with Crippen molar-refractivity contribution >= 4 is 11.3 Å². The summed E-state index contributed by atoms with van der Waals surface area (Å²) in [6.45, 7) is 0.453. The van der Waals surface area contributed by atoms with Crippen LogP contribution in [-0.2, 0) is 0 Å². The molecular formula is C8H7N3S. The summed E-state index contributed by atoms with van der Waals surface area (Å²) in [5, 5.41) is 5.36. The molecule has 0 aromatic carbocycles. The second-order valence-corrected chi connectivity index (χ2v) is 2.93. The number of azide groups is 1. The fourth-order valence-corrected chi connectivity index (χ4v) is 1.24. The van der Waals surface area contributed by atoms with Crippen LogP contribution in [0.4, 0.5) is 0 Å². The lowest BCUT2D eigenvalue weighted by atomic mass is 10.4. The molecule has 0 saturated carbocycles. The van der Waals surface area contributed by atoms with E-state index in [0.717, 1.165) is 4.88 Å². The highest BCUT2D eigenvalue weighted by molar-refractivity contribution is 7.10. The van der Waals surface area contributed by atoms with Gasteiger partial charge in [-0.3, -0.25) is 0 Å². The first-order valence-corrected chi connectivity index (χ1v) is 4.34. The van der Waals surface area contributed by atoms with Crippen molar-refractivity contribution in [3.63, 3.8) is 0 Å². The van der Waals surface area contributed by atoms with E-state index in [1.807, 2.05) is 17.5 Å². The summed E-state index contributed by atoms with van der Waals surface area (Å²) in [5.74, 6) is 5.89. The van der Waals surface area contributed by atoms with Crippen molar-refractivity contribution in [2.75, 3.05) is 6.54 Å². The summed E-state index contributed by atoms with van der Waals surface area (Å²) < 4.78 is 0. The van der Waals surface area contributed by atoms with Crippen LogP contribution in [0.15, 0.2) is 22.6 Å². The highest BCUT2D eigenvalue weighted by atomic mass is 32.1. The van der Waals surface area contributed by atoms with Crippen LogP contribution in [0.25, 0.3) is 10.4 Å². The van der Waals surface area contributed by atoms with E-state index >= 15 is 0 Å². The largest absolute Gasteiger partial charge is 0.135 e. The lowest BCUT2D eigenvalue weighted by Crippen LogP contribution is -1.72. The Bertz CT molecular complexity index is 325. The van der Waals surface area contributed by atoms with Gasteiger partial charge in [0.25, 0.3) is 0 Å². The summed E-state index contributed by atoms with van der Waals surface area (Å²) >= 11 is 1.61. The summed E-state index contributed by atoms with van der Waals surface area (Å²) in [6, 6.07) is 3.92. The molecule has 12 heavy (non-hydrogen) atoms. The molecule has 0 N–H and O–H groups in total. The zero-order valence-electron chi connectivity index (χ0n) is 6.40. The van der Waals surface area contributed by atoms with Crippen LogP contribution in [0.2, 0.25) is 0 Å². The molecule has 0 aliphatic heterocycles. The predicted octanol–water partition coefficient (Wildman–Crippen LogP) is 2.80. The first kappa shape index (κ1) is 8.66. The second-order valence-electron chi connectivity index (χ2n) is 1.98. The first-order valence-electron chi connectivity index (χ1n) is 3.46. The molecule has 1 aromatic rings. The highest BCUT2D eigenvalue weighted by Gasteiger charge is 1.82. The quantitative estimate of drug-likeness (QED) is 0.219. The van der Waals surface area contributed by atoms with E-state index in [1.54, 1.807) is 11.3 Å². The zero-order valence-corrected chi connectivity index (χ0v) is 7.21. The third kappa shape index (κ3) is 3.11. The summed E-state index contributed by atoms with van der Waals surface area (Å²) in [5.41, 5.74) is 7.96. The maximum absolute atomic E-state index is 7.96. The molecule has 0 spiro atoms. The van der Waals surface area contributed by atoms with E-state index in [0.29, 0.717) is 13.0 Å². The van der Waals surface area contributed by atoms with E-state index in [-0.39, 0.29) is 0 Å². The van der Waals surface area contributed by atoms with Crippen molar-refractivity contribution in [3.8, 4) is 11.8 Å². The minimum absolute atomic E-state index is 0.453. The van der Waals surface area contributed by atoms with Crippen molar-refractivity contribution in [2.24, 2.45) is 5.11 Å². The van der Waals surface area contributed by atoms with Crippen molar-refractivity contribution in [3.05, 3.63) is 32.8 Å². The Kier molecular flexibility index (Phi) is 3.79. The van der Waals surface area contributed by atoms with Crippen LogP contribution in [0.3, 0.4) is 0 Å². The van der Waals surface area contributed by atoms with Crippen LogP contribution in [0.5, 0.6) is 0 Å². The molecule has 0 aliphatic carbocycles. The van der Waals surface area contributed by atoms with Gasteiger partial charge in [0, 0.05) is 17.9 Å². The molecule has 1 rings (SSSR count). The van der Waals surface area contributed by atoms with Gasteiger partial charge in [-0.25, -0.2) is 0 Å². The number of nitrogens with zero attached hydrogens (tertiary/aromatic N) is 3. The molecule has 0 radical (unpaired) electrons. The van der Waals surface area contributed by atoms with Gasteiger partial charge in [0.15, 0.2) is 0 Å². The smallest absolute Gasteiger partial charge is 0.0768 e. The Morgan fingerprint density at radius 3 is 3.25 bits per heavy atom. The van der Waals surface area contributed by atoms with Crippen LogP contribution in [-0.4, -0.2) is 6.54 Å². The minimum Gasteiger partial charge on any atom is -0.135 e. The maximum atomic E-state index is 7.96. The fraction of sp³-hybridized carbons (Fsp3) is 0.250. The third-order valence-corrected chi connectivity index (χ3v) is 1.92. The normalized spacial score (nSPS) is 8.00. The van der Waals surface area contributed by atoms with E-state index < -0.39 is 0 Å². The standard InChI is InChI=1S/C8H7N3S/c9-11-10-6-2-1-4-8-5-3-7-12-8/h3,5,7H,2,6H2. The molecule has 0 fully saturated rings. The molecule has 0 bridgehead atoms. The first-order chi connectivity index (χ1) is 5.93. The molecule has 3 nitrogen and oxygen atoms in total. The number of hydrogen-bond acceptors (Lipinski definition) is 2. The van der Waals surface area contributed by atoms with Crippen molar-refractivity contribution in [2.45, 2.75) is 6.42 Å². The minimum atomic E-state index is 0.453. The molecule has 1 heterocycles. The van der Waals surface area contributed by atoms with Crippen molar-refractivity contribution in [1.29, 1.82) is 0 Å². The molecule has 0 amide bonds. The summed E-state index contributed by atoms with van der Waals surface area (Å²) in [6.07, 6.45) is 0.627. The van der Waals surface area contributed by atoms with Gasteiger partial charge in [0.05, 0.1) is 4.88 Å². The van der Waals surface area contributed by atoms with Crippen LogP contribution in [0.1, 0.15) is 11.3 Å². The Balaban J connectivity index is 2.35. The lowest BCUT2D eigenvalue weighted by molar-refractivity contribution is 1.02. The molecule has 4 heteroatoms. The molecule has 0 atom stereocenters. The van der Waals surface area contributed by atoms with Gasteiger partial charge < -0.3 is 0 Å². The predicted molar refractivity (Wildman–Crippen MR) is 49.8 cm³/mol. The van der Waals surface area contributed by atoms with Gasteiger partial charge in [-0.2, -0.15) is 0 Å². The van der Waals surface area contributed by atoms with Gasteiger partial charge in [-0.1, -0.05) is 23.0 Å². The molecule has 0 unspecified atom stereocenters. The Morgan fingerprint density at radius 2 is 2.58 bits per heavy atom. The average Bonchev–Trinajstić information content (AvgIpc) is 2.57. The van der Waals surface area contributed by atoms with E-state index in [1.165, 1.54) is 0 Å². The Morgan fingerprint density at radius 1 is 1.67 bits per heavy atom. The van der Waals surface area contributed by atoms with Crippen LogP contribution < -0.4 is 0 Å². The van der Waals surface area contributed by atoms with Crippen molar-refractivity contribution in [1.82, 2.24) is 0 Å². The topological polar surface area (TPSA) is 48.8 Å².